The molecule has 0 aromatic rings. The van der Waals surface area contributed by atoms with E-state index >= 15 is 0 Å². The molecule has 0 unspecified atom stereocenters. The molecule has 0 bridgehead atoms. The van der Waals surface area contributed by atoms with E-state index in [-0.39, 0.29) is 0 Å². The first-order valence-electron chi connectivity index (χ1n) is 3.23. The molecule has 0 saturated heterocycles. The fraction of sp³-hybridized carbons (Fsp3) is 0.250. The van der Waals surface area contributed by atoms with Crippen LogP contribution in [0.2, 0.25) is 0 Å². The van der Waals surface area contributed by atoms with Gasteiger partial charge in [-0.2, -0.15) is 10.5 Å². The predicted molar refractivity (Wildman–Crippen MR) is 40.0 cm³/mol. The zero-order valence-corrected chi connectivity index (χ0v) is 6.18. The van der Waals surface area contributed by atoms with Crippen molar-refractivity contribution < 1.29 is 0 Å². The maximum absolute atomic E-state index is 8.59. The van der Waals surface area contributed by atoms with Crippen LogP contribution >= 0.6 is 0 Å². The van der Waals surface area contributed by atoms with E-state index < -0.39 is 0 Å². The summed E-state index contributed by atoms with van der Waals surface area (Å²) in [6.07, 6.45) is 1.64. The molecular weight excluding hydrogens is 138 g/mol. The molecule has 0 aromatic carbocycles. The van der Waals surface area contributed by atoms with Crippen LogP contribution in [0.5, 0.6) is 0 Å². The number of allylic oxidation sites excluding steroid dienone is 2. The van der Waals surface area contributed by atoms with Crippen molar-refractivity contribution in [2.24, 2.45) is 0 Å². The average Bonchev–Trinajstić information content (AvgIpc) is 2.05. The molecule has 0 atom stereocenters. The first kappa shape index (κ1) is 7.37. The van der Waals surface area contributed by atoms with Gasteiger partial charge in [-0.15, -0.1) is 0 Å². The summed E-state index contributed by atoms with van der Waals surface area (Å²) in [4.78, 5) is 0. The molecule has 0 aromatic heterocycles. The lowest BCUT2D eigenvalue weighted by molar-refractivity contribution is 0.916. The molecule has 1 aliphatic heterocycles. The molecule has 0 fully saturated rings. The lowest BCUT2D eigenvalue weighted by atomic mass is 10.0. The van der Waals surface area contributed by atoms with Crippen LogP contribution in [0, 0.1) is 22.7 Å². The summed E-state index contributed by atoms with van der Waals surface area (Å²) in [5, 5.41) is 20.0. The van der Waals surface area contributed by atoms with E-state index in [0.29, 0.717) is 17.7 Å². The Morgan fingerprint density at radius 1 is 1.45 bits per heavy atom. The fourth-order valence-electron chi connectivity index (χ4n) is 0.898. The molecule has 11 heavy (non-hydrogen) atoms. The molecule has 1 rings (SSSR count). The second-order valence-corrected chi connectivity index (χ2v) is 2.27. The van der Waals surface area contributed by atoms with Gasteiger partial charge < -0.3 is 5.32 Å². The number of hydrogen-bond donors (Lipinski definition) is 1. The second-order valence-electron chi connectivity index (χ2n) is 2.27. The van der Waals surface area contributed by atoms with Crippen LogP contribution in [0.15, 0.2) is 22.9 Å². The Kier molecular flexibility index (Phi) is 1.94. The lowest BCUT2D eigenvalue weighted by Gasteiger charge is -2.10. The highest BCUT2D eigenvalue weighted by Gasteiger charge is 2.10. The molecule has 0 amide bonds. The van der Waals surface area contributed by atoms with Crippen molar-refractivity contribution in [2.75, 3.05) is 6.54 Å². The molecule has 1 aliphatic rings. The van der Waals surface area contributed by atoms with Gasteiger partial charge in [0.2, 0.25) is 0 Å². The second kappa shape index (κ2) is 2.90. The van der Waals surface area contributed by atoms with Crippen molar-refractivity contribution in [1.29, 1.82) is 10.5 Å². The van der Waals surface area contributed by atoms with Crippen molar-refractivity contribution in [2.45, 2.75) is 6.92 Å². The van der Waals surface area contributed by atoms with Crippen molar-refractivity contribution >= 4 is 0 Å². The zero-order valence-electron chi connectivity index (χ0n) is 6.18. The van der Waals surface area contributed by atoms with Crippen molar-refractivity contribution in [1.82, 2.24) is 5.32 Å². The summed E-state index contributed by atoms with van der Waals surface area (Å²) < 4.78 is 0. The third-order valence-electron chi connectivity index (χ3n) is 1.64. The first-order valence-corrected chi connectivity index (χ1v) is 3.23. The van der Waals surface area contributed by atoms with Crippen LogP contribution in [0.1, 0.15) is 6.92 Å². The maximum atomic E-state index is 8.59. The Labute approximate surface area is 65.2 Å². The minimum atomic E-state index is 0.535. The maximum Gasteiger partial charge on any atom is 0.101 e. The van der Waals surface area contributed by atoms with Crippen LogP contribution < -0.4 is 5.32 Å². The first-order chi connectivity index (χ1) is 5.29. The predicted octanol–water partition coefficient (Wildman–Crippen LogP) is 0.837. The van der Waals surface area contributed by atoms with Gasteiger partial charge in [0.25, 0.3) is 0 Å². The molecule has 3 nitrogen and oxygen atoms in total. The van der Waals surface area contributed by atoms with Crippen LogP contribution in [0.25, 0.3) is 0 Å². The Balaban J connectivity index is 3.07. The van der Waals surface area contributed by atoms with Gasteiger partial charge in [0.15, 0.2) is 0 Å². The summed E-state index contributed by atoms with van der Waals surface area (Å²) in [7, 11) is 0. The van der Waals surface area contributed by atoms with Gasteiger partial charge in [0.1, 0.15) is 6.07 Å². The fourth-order valence-corrected chi connectivity index (χ4v) is 0.898. The van der Waals surface area contributed by atoms with Gasteiger partial charge >= 0.3 is 0 Å². The molecule has 1 N–H and O–H groups in total. The van der Waals surface area contributed by atoms with E-state index in [1.807, 2.05) is 12.1 Å². The highest BCUT2D eigenvalue weighted by molar-refractivity contribution is 5.49. The molecule has 54 valence electrons. The summed E-state index contributed by atoms with van der Waals surface area (Å²) >= 11 is 0. The summed E-state index contributed by atoms with van der Waals surface area (Å²) in [6.45, 7) is 2.32. The number of rotatable bonds is 0. The van der Waals surface area contributed by atoms with Crippen LogP contribution in [-0.4, -0.2) is 6.54 Å². The van der Waals surface area contributed by atoms with Crippen molar-refractivity contribution in [3.8, 4) is 12.1 Å². The molecule has 0 spiro atoms. The van der Waals surface area contributed by atoms with E-state index in [4.69, 9.17) is 10.5 Å². The highest BCUT2D eigenvalue weighted by Crippen LogP contribution is 2.15. The van der Waals surface area contributed by atoms with E-state index in [1.165, 1.54) is 0 Å². The van der Waals surface area contributed by atoms with Gasteiger partial charge in [-0.1, -0.05) is 0 Å². The third kappa shape index (κ3) is 1.22. The van der Waals surface area contributed by atoms with Crippen LogP contribution in [0.4, 0.5) is 0 Å². The summed E-state index contributed by atoms with van der Waals surface area (Å²) in [6, 6.07) is 4.05. The van der Waals surface area contributed by atoms with Gasteiger partial charge in [-0.25, -0.2) is 0 Å². The molecule has 0 saturated carbocycles. The molecule has 1 heterocycles. The Morgan fingerprint density at radius 2 is 2.18 bits per heavy atom. The van der Waals surface area contributed by atoms with Gasteiger partial charge in [0, 0.05) is 12.7 Å². The summed E-state index contributed by atoms with van der Waals surface area (Å²) in [5.74, 6) is 0. The number of nitrogens with one attached hydrogen (secondary N) is 1. The Bertz CT molecular complexity index is 309. The third-order valence-corrected chi connectivity index (χ3v) is 1.64. The standard InChI is InChI=1S/C8H7N3/c1-6-7(2-9)4-11-5-8(6)3-10/h4,11H,5H2,1H3. The van der Waals surface area contributed by atoms with E-state index in [1.54, 1.807) is 13.1 Å². The van der Waals surface area contributed by atoms with Crippen molar-refractivity contribution in [3.63, 3.8) is 0 Å². The number of hydrogen-bond acceptors (Lipinski definition) is 3. The van der Waals surface area contributed by atoms with Gasteiger partial charge in [-0.05, 0) is 12.5 Å². The van der Waals surface area contributed by atoms with Crippen molar-refractivity contribution in [3.05, 3.63) is 22.9 Å². The average molecular weight is 145 g/mol. The highest BCUT2D eigenvalue weighted by atomic mass is 14.8. The quantitative estimate of drug-likeness (QED) is 0.549. The lowest BCUT2D eigenvalue weighted by Crippen LogP contribution is -2.16. The minimum absolute atomic E-state index is 0.535. The minimum Gasteiger partial charge on any atom is -0.385 e. The topological polar surface area (TPSA) is 59.6 Å². The molecule has 3 heteroatoms. The monoisotopic (exact) mass is 145 g/mol. The van der Waals surface area contributed by atoms with Crippen LogP contribution in [-0.2, 0) is 0 Å². The van der Waals surface area contributed by atoms with E-state index in [0.717, 1.165) is 5.57 Å². The zero-order chi connectivity index (χ0) is 8.27. The SMILES string of the molecule is CC1=C(C#N)CNC=C1C#N. The molecule has 0 radical (unpaired) electrons. The Morgan fingerprint density at radius 3 is 2.73 bits per heavy atom. The number of nitrogens with zero attached hydrogens (tertiary/aromatic N) is 2. The van der Waals surface area contributed by atoms with E-state index in [2.05, 4.69) is 5.32 Å². The van der Waals surface area contributed by atoms with Gasteiger partial charge in [-0.3, -0.25) is 0 Å². The molecule has 0 aliphatic carbocycles. The largest absolute Gasteiger partial charge is 0.385 e. The smallest absolute Gasteiger partial charge is 0.101 e. The normalized spacial score (nSPS) is 16.1. The number of dihydropyridines is 1. The molecular formula is C8H7N3. The number of nitriles is 2. The Hall–Kier alpha value is -1.74. The van der Waals surface area contributed by atoms with Crippen LogP contribution in [0.3, 0.4) is 0 Å². The van der Waals surface area contributed by atoms with E-state index in [9.17, 15) is 0 Å². The summed E-state index contributed by atoms with van der Waals surface area (Å²) in [5.41, 5.74) is 1.98. The van der Waals surface area contributed by atoms with Gasteiger partial charge in [0.05, 0.1) is 17.2 Å².